The summed E-state index contributed by atoms with van der Waals surface area (Å²) in [6, 6.07) is 22.9. The molecule has 0 spiro atoms. The van der Waals surface area contributed by atoms with Crippen LogP contribution in [0.25, 0.3) is 0 Å². The second-order valence-corrected chi connectivity index (χ2v) is 13.2. The molecule has 0 atom stereocenters. The minimum Gasteiger partial charge on any atom is -0.395 e. The number of hydrogen-bond donors (Lipinski definition) is 4. The number of aliphatic hydroxyl groups excluding tert-OH is 4. The van der Waals surface area contributed by atoms with Crippen molar-refractivity contribution in [1.29, 1.82) is 0 Å². The Bertz CT molecular complexity index is 1400. The van der Waals surface area contributed by atoms with Crippen molar-refractivity contribution in [2.24, 2.45) is 20.5 Å². The van der Waals surface area contributed by atoms with Gasteiger partial charge in [0, 0.05) is 61.8 Å². The van der Waals surface area contributed by atoms with E-state index in [0.29, 0.717) is 26.2 Å². The molecule has 2 aromatic carbocycles. The molecule has 0 amide bonds. The third kappa shape index (κ3) is 12.6. The van der Waals surface area contributed by atoms with Gasteiger partial charge in [-0.15, -0.1) is 0 Å². The molecule has 0 bridgehead atoms. The lowest BCUT2D eigenvalue weighted by molar-refractivity contribution is -0.692. The van der Waals surface area contributed by atoms with Crippen LogP contribution < -0.4 is 18.9 Å². The molecule has 48 heavy (non-hydrogen) atoms. The van der Waals surface area contributed by atoms with E-state index >= 15 is 0 Å². The van der Waals surface area contributed by atoms with Crippen LogP contribution in [0.4, 0.5) is 34.1 Å². The summed E-state index contributed by atoms with van der Waals surface area (Å²) < 4.78 is 4.27. The minimum atomic E-state index is 0.0258. The molecule has 4 rings (SSSR count). The van der Waals surface area contributed by atoms with Crippen LogP contribution in [0.5, 0.6) is 0 Å². The van der Waals surface area contributed by atoms with Crippen molar-refractivity contribution in [3.63, 3.8) is 0 Å². The van der Waals surface area contributed by atoms with Gasteiger partial charge in [-0.2, -0.15) is 20.5 Å². The van der Waals surface area contributed by atoms with Crippen LogP contribution in [0.2, 0.25) is 0 Å². The fourth-order valence-electron chi connectivity index (χ4n) is 4.65. The van der Waals surface area contributed by atoms with Crippen molar-refractivity contribution in [1.82, 2.24) is 0 Å². The highest BCUT2D eigenvalue weighted by atomic mass is 33.1. The van der Waals surface area contributed by atoms with Gasteiger partial charge in [0.1, 0.15) is 0 Å². The predicted molar refractivity (Wildman–Crippen MR) is 192 cm³/mol. The van der Waals surface area contributed by atoms with E-state index in [-0.39, 0.29) is 26.4 Å². The van der Waals surface area contributed by atoms with Crippen molar-refractivity contribution < 1.29 is 29.6 Å². The number of hydrogen-bond acceptors (Lipinski definition) is 12. The first-order valence-electron chi connectivity index (χ1n) is 15.8. The van der Waals surface area contributed by atoms with E-state index in [2.05, 4.69) is 29.6 Å². The fraction of sp³-hybridized carbons (Fsp3) is 0.353. The normalized spacial score (nSPS) is 11.5. The monoisotopic (exact) mass is 692 g/mol. The maximum atomic E-state index is 9.23. The SMILES string of the molecule is OCCN(CCO)c1ccc(N=Nc2cc[n+](CCSSCC[n+]3ccc(N=Nc4ccc(N(CCO)CCO)cc4)cc3)cc2)cc1. The van der Waals surface area contributed by atoms with Crippen LogP contribution in [-0.4, -0.2) is 84.5 Å². The molecule has 0 aliphatic heterocycles. The minimum absolute atomic E-state index is 0.0258. The lowest BCUT2D eigenvalue weighted by atomic mass is 10.2. The van der Waals surface area contributed by atoms with E-state index in [0.717, 1.165) is 58.7 Å². The molecule has 4 N–H and O–H groups in total. The Morgan fingerprint density at radius 3 is 1.02 bits per heavy atom. The van der Waals surface area contributed by atoms with Crippen LogP contribution in [0.15, 0.2) is 118 Å². The molecular formula is C34H44N8O4S2+2. The molecule has 0 radical (unpaired) electrons. The number of aryl methyl sites for hydroxylation is 2. The smallest absolute Gasteiger partial charge is 0.171 e. The average molecular weight is 693 g/mol. The number of azo groups is 2. The lowest BCUT2D eigenvalue weighted by Gasteiger charge is -2.22. The summed E-state index contributed by atoms with van der Waals surface area (Å²) in [6.07, 6.45) is 8.06. The van der Waals surface area contributed by atoms with E-state index < -0.39 is 0 Å². The van der Waals surface area contributed by atoms with Gasteiger partial charge in [0.15, 0.2) is 37.9 Å². The fourth-order valence-corrected chi connectivity index (χ4v) is 6.61. The molecule has 254 valence electrons. The number of aromatic nitrogens is 2. The van der Waals surface area contributed by atoms with Crippen molar-refractivity contribution in [2.45, 2.75) is 13.1 Å². The zero-order valence-electron chi connectivity index (χ0n) is 26.9. The molecule has 0 unspecified atom stereocenters. The first-order chi connectivity index (χ1) is 23.6. The largest absolute Gasteiger partial charge is 0.395 e. The van der Waals surface area contributed by atoms with Crippen molar-refractivity contribution in [3.05, 3.63) is 97.6 Å². The van der Waals surface area contributed by atoms with Crippen LogP contribution in [0.3, 0.4) is 0 Å². The van der Waals surface area contributed by atoms with E-state index in [1.54, 1.807) is 0 Å². The average Bonchev–Trinajstić information content (AvgIpc) is 3.12. The number of benzene rings is 2. The molecule has 0 aliphatic carbocycles. The standard InChI is InChI=1S/C34H44N8O4S2/c43-23-17-41(18-24-44)33-5-1-29(2-6-33)35-37-31-9-13-39(14-10-31)21-27-47-48-28-22-40-15-11-32(12-16-40)38-36-30-3-7-34(8-4-30)42(19-25-45)20-26-46/h1-16,43-46H,17-28H2/q+2. The van der Waals surface area contributed by atoms with Gasteiger partial charge in [-0.25, -0.2) is 9.13 Å². The summed E-state index contributed by atoms with van der Waals surface area (Å²) in [7, 11) is 3.71. The molecular weight excluding hydrogens is 649 g/mol. The summed E-state index contributed by atoms with van der Waals surface area (Å²) in [4.78, 5) is 3.84. The van der Waals surface area contributed by atoms with Gasteiger partial charge >= 0.3 is 0 Å². The molecule has 0 aliphatic rings. The lowest BCUT2D eigenvalue weighted by Crippen LogP contribution is -2.34. The molecule has 4 aromatic rings. The Morgan fingerprint density at radius 2 is 0.729 bits per heavy atom. The van der Waals surface area contributed by atoms with Crippen LogP contribution in [-0.2, 0) is 13.1 Å². The van der Waals surface area contributed by atoms with Gasteiger partial charge in [0.2, 0.25) is 0 Å². The van der Waals surface area contributed by atoms with Crippen molar-refractivity contribution in [3.8, 4) is 0 Å². The Kier molecular flexibility index (Phi) is 16.2. The maximum Gasteiger partial charge on any atom is 0.171 e. The van der Waals surface area contributed by atoms with E-state index in [1.165, 1.54) is 0 Å². The number of anilines is 2. The van der Waals surface area contributed by atoms with Gasteiger partial charge in [-0.3, -0.25) is 0 Å². The van der Waals surface area contributed by atoms with Crippen LogP contribution in [0.1, 0.15) is 0 Å². The van der Waals surface area contributed by atoms with E-state index in [4.69, 9.17) is 0 Å². The maximum absolute atomic E-state index is 9.23. The van der Waals surface area contributed by atoms with Gasteiger partial charge in [-0.1, -0.05) is 21.6 Å². The Balaban J connectivity index is 1.12. The third-order valence-electron chi connectivity index (χ3n) is 7.17. The summed E-state index contributed by atoms with van der Waals surface area (Å²) in [5, 5.41) is 54.3. The van der Waals surface area contributed by atoms with Gasteiger partial charge in [0.25, 0.3) is 0 Å². The molecule has 0 saturated heterocycles. The second kappa shape index (κ2) is 21.1. The molecule has 0 fully saturated rings. The van der Waals surface area contributed by atoms with Gasteiger partial charge < -0.3 is 30.2 Å². The third-order valence-corrected chi connectivity index (χ3v) is 9.53. The number of nitrogens with zero attached hydrogens (tertiary/aromatic N) is 8. The Morgan fingerprint density at radius 1 is 0.438 bits per heavy atom. The zero-order chi connectivity index (χ0) is 33.8. The number of rotatable bonds is 21. The molecule has 12 nitrogen and oxygen atoms in total. The zero-order valence-corrected chi connectivity index (χ0v) is 28.5. The Labute approximate surface area is 289 Å². The van der Waals surface area contributed by atoms with Gasteiger partial charge in [0.05, 0.1) is 60.7 Å². The van der Waals surface area contributed by atoms with Gasteiger partial charge in [-0.05, 0) is 48.5 Å². The highest BCUT2D eigenvalue weighted by Crippen LogP contribution is 2.24. The highest BCUT2D eigenvalue weighted by molar-refractivity contribution is 8.76. The van der Waals surface area contributed by atoms with E-state index in [9.17, 15) is 20.4 Å². The highest BCUT2D eigenvalue weighted by Gasteiger charge is 2.07. The summed E-state index contributed by atoms with van der Waals surface area (Å²) in [5.74, 6) is 1.97. The predicted octanol–water partition coefficient (Wildman–Crippen LogP) is 4.76. The topological polar surface area (TPSA) is 145 Å². The summed E-state index contributed by atoms with van der Waals surface area (Å²) >= 11 is 0. The number of pyridine rings is 2. The van der Waals surface area contributed by atoms with E-state index in [1.807, 2.05) is 129 Å². The molecule has 2 aromatic heterocycles. The summed E-state index contributed by atoms with van der Waals surface area (Å²) in [5.41, 5.74) is 4.87. The van der Waals surface area contributed by atoms with Crippen molar-refractivity contribution in [2.75, 3.05) is 73.9 Å². The quantitative estimate of drug-likeness (QED) is 0.0424. The first kappa shape index (κ1) is 36.9. The molecule has 2 heterocycles. The van der Waals surface area contributed by atoms with Crippen molar-refractivity contribution >= 4 is 55.7 Å². The number of aliphatic hydroxyl groups is 4. The van der Waals surface area contributed by atoms with Crippen LogP contribution >= 0.6 is 21.6 Å². The van der Waals surface area contributed by atoms with Crippen LogP contribution in [0, 0.1) is 0 Å². The molecule has 14 heteroatoms. The summed E-state index contributed by atoms with van der Waals surface area (Å²) in [6.45, 7) is 3.75. The molecule has 0 saturated carbocycles. The Hall–Kier alpha value is -3.92. The second-order valence-electron chi connectivity index (χ2n) is 10.5. The first-order valence-corrected chi connectivity index (χ1v) is 18.3.